The van der Waals surface area contributed by atoms with Crippen LogP contribution in [0.3, 0.4) is 0 Å². The van der Waals surface area contributed by atoms with Gasteiger partial charge >= 0.3 is 11.4 Å². The maximum Gasteiger partial charge on any atom is 0.330 e. The molecule has 0 bridgehead atoms. The summed E-state index contributed by atoms with van der Waals surface area (Å²) in [4.78, 5) is 29.9. The third kappa shape index (κ3) is 16.9. The first kappa shape index (κ1) is 36.4. The first-order valence-corrected chi connectivity index (χ1v) is 11.6. The first-order valence-electron chi connectivity index (χ1n) is 11.6. The van der Waals surface area contributed by atoms with Gasteiger partial charge in [-0.3, -0.25) is 20.2 Å². The molecule has 0 saturated heterocycles. The normalized spacial score (nSPS) is 9.49. The van der Waals surface area contributed by atoms with Crippen molar-refractivity contribution in [1.29, 1.82) is 0 Å². The molecule has 16 nitrogen and oxygen atoms in total. The van der Waals surface area contributed by atoms with Crippen LogP contribution in [0.5, 0.6) is 11.8 Å². The molecule has 0 radical (unpaired) electrons. The van der Waals surface area contributed by atoms with Gasteiger partial charge in [-0.1, -0.05) is 0 Å². The number of aromatic nitrogens is 3. The van der Waals surface area contributed by atoms with E-state index in [1.54, 1.807) is 32.5 Å². The smallest absolute Gasteiger partial charge is 0.330 e. The van der Waals surface area contributed by atoms with Gasteiger partial charge in [0.15, 0.2) is 0 Å². The number of hydrogen-bond acceptors (Lipinski definition) is 14. The van der Waals surface area contributed by atoms with Crippen LogP contribution in [-0.4, -0.2) is 90.9 Å². The summed E-state index contributed by atoms with van der Waals surface area (Å²) in [6, 6.07) is 8.70. The van der Waals surface area contributed by atoms with Crippen molar-refractivity contribution in [3.8, 4) is 11.8 Å². The molecule has 0 amide bonds. The van der Waals surface area contributed by atoms with Gasteiger partial charge in [0, 0.05) is 52.1 Å². The van der Waals surface area contributed by atoms with Crippen LogP contribution in [0.25, 0.3) is 0 Å². The zero-order chi connectivity index (χ0) is 30.9. The maximum atomic E-state index is 12.3. The Balaban J connectivity index is 0.000000546. The number of halogens is 1. The van der Waals surface area contributed by atoms with Crippen LogP contribution in [0, 0.1) is 26.2 Å². The molecule has 3 rings (SSSR count). The van der Waals surface area contributed by atoms with Crippen LogP contribution in [0.15, 0.2) is 55.0 Å². The van der Waals surface area contributed by atoms with E-state index in [1.807, 2.05) is 0 Å². The first-order chi connectivity index (χ1) is 19.7. The molecule has 0 aliphatic carbocycles. The molecule has 3 N–H and O–H groups in total. The summed E-state index contributed by atoms with van der Waals surface area (Å²) in [6.45, 7) is 2.19. The minimum Gasteiger partial charge on any atom is -0.474 e. The van der Waals surface area contributed by atoms with Crippen LogP contribution in [0.1, 0.15) is 0 Å². The predicted octanol–water partition coefficient (Wildman–Crippen LogP) is 2.46. The molecule has 0 saturated carbocycles. The van der Waals surface area contributed by atoms with Gasteiger partial charge in [-0.15, -0.1) is 0 Å². The molecule has 3 aromatic heterocycles. The number of pyridine rings is 3. The maximum absolute atomic E-state index is 12.3. The largest absolute Gasteiger partial charge is 0.474 e. The summed E-state index contributed by atoms with van der Waals surface area (Å²) in [5.74, 6) is -0.559. The molecule has 0 fully saturated rings. The summed E-state index contributed by atoms with van der Waals surface area (Å²) >= 11 is 0. The monoisotopic (exact) mass is 584 g/mol. The summed E-state index contributed by atoms with van der Waals surface area (Å²) < 4.78 is 36.6. The Kier molecular flexibility index (Phi) is 20.7. The molecule has 226 valence electrons. The lowest BCUT2D eigenvalue weighted by atomic mass is 10.4. The summed E-state index contributed by atoms with van der Waals surface area (Å²) in [7, 11) is 4.69. The molecular weight excluding hydrogens is 551 g/mol. The van der Waals surface area contributed by atoms with Crippen molar-refractivity contribution in [2.45, 2.75) is 0 Å². The van der Waals surface area contributed by atoms with E-state index in [1.165, 1.54) is 31.5 Å². The number of methoxy groups -OCH3 is 3. The molecule has 3 heterocycles. The van der Waals surface area contributed by atoms with Gasteiger partial charge in [-0.05, 0) is 24.3 Å². The lowest BCUT2D eigenvalue weighted by Gasteiger charge is -2.05. The van der Waals surface area contributed by atoms with E-state index in [4.69, 9.17) is 29.8 Å². The van der Waals surface area contributed by atoms with E-state index < -0.39 is 21.5 Å². The number of hydrogen-bond donors (Lipinski definition) is 2. The van der Waals surface area contributed by atoms with Gasteiger partial charge in [-0.25, -0.2) is 15.0 Å². The highest BCUT2D eigenvalue weighted by Crippen LogP contribution is 2.22. The molecule has 0 aromatic carbocycles. The van der Waals surface area contributed by atoms with Crippen molar-refractivity contribution in [2.24, 2.45) is 0 Å². The van der Waals surface area contributed by atoms with E-state index in [0.717, 1.165) is 12.3 Å². The second-order valence-electron chi connectivity index (χ2n) is 6.95. The Morgan fingerprint density at radius 1 is 0.756 bits per heavy atom. The number of anilines is 1. The van der Waals surface area contributed by atoms with Gasteiger partial charge in [0.25, 0.3) is 11.8 Å². The van der Waals surface area contributed by atoms with E-state index in [2.05, 4.69) is 19.7 Å². The number of nitrogens with two attached hydrogens (primary N) is 1. The minimum absolute atomic E-state index is 0.0227. The van der Waals surface area contributed by atoms with Crippen molar-refractivity contribution in [2.75, 3.05) is 66.7 Å². The molecule has 0 unspecified atom stereocenters. The van der Waals surface area contributed by atoms with E-state index in [9.17, 15) is 24.6 Å². The third-order valence-corrected chi connectivity index (χ3v) is 4.03. The quantitative estimate of drug-likeness (QED) is 0.135. The van der Waals surface area contributed by atoms with Crippen molar-refractivity contribution >= 4 is 17.1 Å². The Morgan fingerprint density at radius 3 is 1.63 bits per heavy atom. The van der Waals surface area contributed by atoms with E-state index >= 15 is 0 Å². The molecule has 0 atom stereocenters. The minimum atomic E-state index is -1.05. The predicted molar refractivity (Wildman–Crippen MR) is 144 cm³/mol. The Hall–Kier alpha value is -4.58. The highest BCUT2D eigenvalue weighted by Gasteiger charge is 2.15. The lowest BCUT2D eigenvalue weighted by Crippen LogP contribution is -2.06. The topological polar surface area (TPSA) is 217 Å². The van der Waals surface area contributed by atoms with Gasteiger partial charge in [-0.2, -0.15) is 4.39 Å². The van der Waals surface area contributed by atoms with Gasteiger partial charge in [0.05, 0.1) is 42.0 Å². The Bertz CT molecular complexity index is 1140. The number of nitrogen functional groups attached to an aromatic ring is 1. The van der Waals surface area contributed by atoms with Crippen molar-refractivity contribution in [3.05, 3.63) is 81.2 Å². The van der Waals surface area contributed by atoms with Gasteiger partial charge in [0.1, 0.15) is 13.2 Å². The highest BCUT2D eigenvalue weighted by molar-refractivity contribution is 5.46. The van der Waals surface area contributed by atoms with Crippen LogP contribution < -0.4 is 15.2 Å². The van der Waals surface area contributed by atoms with Gasteiger partial charge in [0.2, 0.25) is 5.88 Å². The van der Waals surface area contributed by atoms with Crippen LogP contribution in [0.2, 0.25) is 0 Å². The molecule has 3 aromatic rings. The summed E-state index contributed by atoms with van der Waals surface area (Å²) in [5, 5.41) is 28.4. The highest BCUT2D eigenvalue weighted by atomic mass is 19.1. The van der Waals surface area contributed by atoms with E-state index in [0.29, 0.717) is 38.0 Å². The van der Waals surface area contributed by atoms with Crippen LogP contribution in [-0.2, 0) is 14.2 Å². The zero-order valence-electron chi connectivity index (χ0n) is 22.8. The SMILES string of the molecule is COCCO.COCCOc1ncccc1N.COCCOc1ncccc1[N+](=O)[O-].O=[N+]([O-])c1cccnc1F. The van der Waals surface area contributed by atoms with E-state index in [-0.39, 0.29) is 24.8 Å². The van der Waals surface area contributed by atoms with Gasteiger partial charge < -0.3 is 34.5 Å². The summed E-state index contributed by atoms with van der Waals surface area (Å²) in [6.07, 6.45) is 4.23. The second-order valence-corrected chi connectivity index (χ2v) is 6.95. The molecule has 17 heteroatoms. The van der Waals surface area contributed by atoms with Crippen LogP contribution in [0.4, 0.5) is 21.5 Å². The molecule has 0 aliphatic heterocycles. The van der Waals surface area contributed by atoms with Crippen molar-refractivity contribution < 1.29 is 43.0 Å². The van der Waals surface area contributed by atoms with Crippen molar-refractivity contribution in [3.63, 3.8) is 0 Å². The number of nitro groups is 2. The molecule has 0 spiro atoms. The fraction of sp³-hybridized carbons (Fsp3) is 0.375. The molecular formula is C24H33FN6O10. The Morgan fingerprint density at radius 2 is 1.22 bits per heavy atom. The molecule has 0 aliphatic rings. The van der Waals surface area contributed by atoms with Crippen molar-refractivity contribution in [1.82, 2.24) is 15.0 Å². The number of ether oxygens (including phenoxy) is 5. The fourth-order valence-electron chi connectivity index (χ4n) is 2.20. The Labute approximate surface area is 235 Å². The number of rotatable bonds is 12. The average molecular weight is 585 g/mol. The number of aliphatic hydroxyl groups is 1. The summed E-state index contributed by atoms with van der Waals surface area (Å²) in [5.41, 5.74) is 5.39. The standard InChI is InChI=1S/C8H10N2O4.C8H12N2O2.C5H3FN2O2.C3H8O2/c1-13-5-6-14-8-7(10(11)12)3-2-4-9-8;1-11-5-6-12-8-7(9)3-2-4-10-8;6-5-4(8(9)10)2-1-3-7-5;1-5-3-2-4/h2-4H,5-6H2,1H3;2-4H,5-6,9H2,1H3;1-3H;4H,2-3H2,1H3. The number of nitrogens with zero attached hydrogens (tertiary/aromatic N) is 5. The number of aliphatic hydroxyl groups excluding tert-OH is 1. The second kappa shape index (κ2) is 23.3. The molecule has 41 heavy (non-hydrogen) atoms. The average Bonchev–Trinajstić information content (AvgIpc) is 2.96. The zero-order valence-corrected chi connectivity index (χ0v) is 22.8. The third-order valence-electron chi connectivity index (χ3n) is 4.03. The van der Waals surface area contributed by atoms with Crippen LogP contribution >= 0.6 is 0 Å². The fourth-order valence-corrected chi connectivity index (χ4v) is 2.20. The lowest BCUT2D eigenvalue weighted by molar-refractivity contribution is -0.388.